The summed E-state index contributed by atoms with van der Waals surface area (Å²) in [4.78, 5) is 10.2. The summed E-state index contributed by atoms with van der Waals surface area (Å²) in [5.74, 6) is 0. The summed E-state index contributed by atoms with van der Waals surface area (Å²) in [6.07, 6.45) is 1.28. The van der Waals surface area contributed by atoms with E-state index >= 15 is 0 Å². The zero-order valence-corrected chi connectivity index (χ0v) is 10.3. The molecule has 0 spiro atoms. The molecule has 6 nitrogen and oxygen atoms in total. The van der Waals surface area contributed by atoms with Crippen molar-refractivity contribution < 1.29 is 4.92 Å². The van der Waals surface area contributed by atoms with Crippen molar-refractivity contribution >= 4 is 45.2 Å². The molecule has 0 saturated heterocycles. The van der Waals surface area contributed by atoms with Gasteiger partial charge in [0.25, 0.3) is 5.69 Å². The molecular weight excluding hydrogens is 296 g/mol. The minimum atomic E-state index is -0.493. The second-order valence-corrected chi connectivity index (χ2v) is 4.05. The fraction of sp³-hybridized carbons (Fsp3) is 0. The molecule has 1 aromatic carbocycles. The molecule has 0 fully saturated rings. The highest BCUT2D eigenvalue weighted by Crippen LogP contribution is 2.21. The molecule has 0 aliphatic carbocycles. The number of nitrogens with zero attached hydrogens (tertiary/aromatic N) is 2. The quantitative estimate of drug-likeness (QED) is 0.382. The Hall–Kier alpha value is -1.54. The smallest absolute Gasteiger partial charge is 0.279 e. The number of thiocarbonyl (C=S) groups is 1. The van der Waals surface area contributed by atoms with Crippen molar-refractivity contribution in [2.45, 2.75) is 0 Å². The number of nitro groups is 1. The summed E-state index contributed by atoms with van der Waals surface area (Å²) < 4.78 is 0.624. The van der Waals surface area contributed by atoms with Gasteiger partial charge in [0.2, 0.25) is 0 Å². The van der Waals surface area contributed by atoms with E-state index in [0.29, 0.717) is 10.0 Å². The van der Waals surface area contributed by atoms with Gasteiger partial charge < -0.3 is 5.73 Å². The van der Waals surface area contributed by atoms with Gasteiger partial charge >= 0.3 is 0 Å². The maximum atomic E-state index is 10.7. The highest BCUT2D eigenvalue weighted by atomic mass is 79.9. The average Bonchev–Trinajstić information content (AvgIpc) is 2.19. The van der Waals surface area contributed by atoms with Crippen molar-refractivity contribution in [2.24, 2.45) is 10.8 Å². The fourth-order valence-corrected chi connectivity index (χ4v) is 1.35. The molecule has 0 bridgehead atoms. The van der Waals surface area contributed by atoms with Crippen LogP contribution in [0.1, 0.15) is 5.56 Å². The van der Waals surface area contributed by atoms with Crippen LogP contribution in [0.25, 0.3) is 0 Å². The topological polar surface area (TPSA) is 93.5 Å². The van der Waals surface area contributed by atoms with E-state index in [0.717, 1.165) is 0 Å². The molecule has 1 aromatic rings. The van der Waals surface area contributed by atoms with E-state index in [4.69, 9.17) is 5.73 Å². The predicted molar refractivity (Wildman–Crippen MR) is 68.3 cm³/mol. The summed E-state index contributed by atoms with van der Waals surface area (Å²) in [6.45, 7) is 0. The van der Waals surface area contributed by atoms with E-state index in [9.17, 15) is 10.1 Å². The third-order valence-electron chi connectivity index (χ3n) is 1.57. The maximum absolute atomic E-state index is 10.7. The van der Waals surface area contributed by atoms with Gasteiger partial charge in [-0.2, -0.15) is 5.10 Å². The summed E-state index contributed by atoms with van der Waals surface area (Å²) in [7, 11) is 0. The van der Waals surface area contributed by atoms with E-state index < -0.39 is 4.92 Å². The monoisotopic (exact) mass is 302 g/mol. The van der Waals surface area contributed by atoms with E-state index in [1.807, 2.05) is 0 Å². The van der Waals surface area contributed by atoms with E-state index in [1.165, 1.54) is 12.3 Å². The molecule has 0 atom stereocenters. The number of rotatable bonds is 3. The zero-order valence-electron chi connectivity index (χ0n) is 7.88. The third kappa shape index (κ3) is 3.55. The summed E-state index contributed by atoms with van der Waals surface area (Å²) >= 11 is 7.68. The first-order chi connectivity index (χ1) is 7.50. The number of nitrogens with two attached hydrogens (primary N) is 1. The van der Waals surface area contributed by atoms with Crippen LogP contribution >= 0.6 is 28.1 Å². The molecule has 0 amide bonds. The van der Waals surface area contributed by atoms with E-state index in [2.05, 4.69) is 38.7 Å². The molecular formula is C8H7BrN4O2S. The normalized spacial score (nSPS) is 10.3. The maximum Gasteiger partial charge on any atom is 0.279 e. The number of hydrazone groups is 1. The van der Waals surface area contributed by atoms with Crippen LogP contribution in [0.3, 0.4) is 0 Å². The van der Waals surface area contributed by atoms with Crippen LogP contribution in [0.5, 0.6) is 0 Å². The first-order valence-electron chi connectivity index (χ1n) is 4.03. The van der Waals surface area contributed by atoms with Crippen molar-refractivity contribution in [1.29, 1.82) is 0 Å². The third-order valence-corrected chi connectivity index (χ3v) is 2.15. The Balaban J connectivity index is 2.99. The lowest BCUT2D eigenvalue weighted by atomic mass is 10.2. The zero-order chi connectivity index (χ0) is 12.1. The van der Waals surface area contributed by atoms with Gasteiger partial charge in [-0.05, 0) is 24.4 Å². The molecule has 8 heteroatoms. The van der Waals surface area contributed by atoms with Gasteiger partial charge in [0.05, 0.1) is 16.7 Å². The number of nitrogens with one attached hydrogen (secondary N) is 1. The van der Waals surface area contributed by atoms with Gasteiger partial charge in [-0.15, -0.1) is 0 Å². The molecule has 3 N–H and O–H groups in total. The Morgan fingerprint density at radius 2 is 2.38 bits per heavy atom. The van der Waals surface area contributed by atoms with E-state index in [1.54, 1.807) is 12.1 Å². The van der Waals surface area contributed by atoms with Gasteiger partial charge in [0.1, 0.15) is 0 Å². The van der Waals surface area contributed by atoms with Gasteiger partial charge in [0, 0.05) is 10.5 Å². The molecule has 0 saturated carbocycles. The number of halogens is 1. The van der Waals surface area contributed by atoms with E-state index in [-0.39, 0.29) is 10.8 Å². The minimum absolute atomic E-state index is 0.00369. The molecule has 0 aliphatic heterocycles. The van der Waals surface area contributed by atoms with Crippen LogP contribution in [0.2, 0.25) is 0 Å². The minimum Gasteiger partial charge on any atom is -0.375 e. The second kappa shape index (κ2) is 5.52. The molecule has 0 radical (unpaired) electrons. The molecule has 0 aromatic heterocycles. The average molecular weight is 303 g/mol. The molecule has 84 valence electrons. The molecule has 1 rings (SSSR count). The number of hydrogen-bond donors (Lipinski definition) is 2. The van der Waals surface area contributed by atoms with Gasteiger partial charge in [-0.1, -0.05) is 15.9 Å². The molecule has 16 heavy (non-hydrogen) atoms. The first kappa shape index (κ1) is 12.5. The van der Waals surface area contributed by atoms with Crippen LogP contribution in [0.15, 0.2) is 27.8 Å². The summed E-state index contributed by atoms with van der Waals surface area (Å²) in [5, 5.41) is 14.4. The van der Waals surface area contributed by atoms with Crippen LogP contribution in [0.4, 0.5) is 5.69 Å². The molecule has 0 heterocycles. The number of benzene rings is 1. The van der Waals surface area contributed by atoms with Crippen LogP contribution in [-0.4, -0.2) is 16.3 Å². The second-order valence-electron chi connectivity index (χ2n) is 2.69. The lowest BCUT2D eigenvalue weighted by Gasteiger charge is -1.98. The van der Waals surface area contributed by atoms with Crippen molar-refractivity contribution in [1.82, 2.24) is 5.43 Å². The highest BCUT2D eigenvalue weighted by Gasteiger charge is 2.12. The number of hydrogen-bond acceptors (Lipinski definition) is 4. The summed E-state index contributed by atoms with van der Waals surface area (Å²) in [6, 6.07) is 4.63. The lowest BCUT2D eigenvalue weighted by molar-refractivity contribution is -0.385. The largest absolute Gasteiger partial charge is 0.375 e. The van der Waals surface area contributed by atoms with Gasteiger partial charge in [-0.25, -0.2) is 0 Å². The summed E-state index contributed by atoms with van der Waals surface area (Å²) in [5.41, 5.74) is 7.77. The molecule has 0 unspecified atom stereocenters. The van der Waals surface area contributed by atoms with Crippen LogP contribution in [-0.2, 0) is 0 Å². The fourth-order valence-electron chi connectivity index (χ4n) is 0.950. The van der Waals surface area contributed by atoms with Gasteiger partial charge in [0.15, 0.2) is 5.11 Å². The Bertz CT molecular complexity index is 463. The first-order valence-corrected chi connectivity index (χ1v) is 5.23. The Morgan fingerprint density at radius 1 is 1.69 bits per heavy atom. The van der Waals surface area contributed by atoms with Crippen molar-refractivity contribution in [3.05, 3.63) is 38.3 Å². The molecule has 0 aliphatic rings. The number of nitro benzene ring substituents is 1. The van der Waals surface area contributed by atoms with Gasteiger partial charge in [-0.3, -0.25) is 15.5 Å². The Labute approximate surface area is 105 Å². The Kier molecular flexibility index (Phi) is 4.32. The predicted octanol–water partition coefficient (Wildman–Crippen LogP) is 1.52. The highest BCUT2D eigenvalue weighted by molar-refractivity contribution is 9.10. The lowest BCUT2D eigenvalue weighted by Crippen LogP contribution is -2.24. The van der Waals surface area contributed by atoms with Crippen molar-refractivity contribution in [3.63, 3.8) is 0 Å². The SMILES string of the molecule is NC(=S)N/N=C/c1ccc(Br)cc1[N+](=O)[O-]. The van der Waals surface area contributed by atoms with Crippen LogP contribution in [0, 0.1) is 10.1 Å². The standard InChI is InChI=1S/C8H7BrN4O2S/c9-6-2-1-5(4-11-12-8(10)16)7(3-6)13(14)15/h1-4H,(H3,10,12,16)/b11-4+. The Morgan fingerprint density at radius 3 is 2.94 bits per heavy atom. The van der Waals surface area contributed by atoms with Crippen LogP contribution < -0.4 is 11.2 Å². The van der Waals surface area contributed by atoms with Crippen molar-refractivity contribution in [2.75, 3.05) is 0 Å². The van der Waals surface area contributed by atoms with Crippen molar-refractivity contribution in [3.8, 4) is 0 Å².